The summed E-state index contributed by atoms with van der Waals surface area (Å²) in [6.45, 7) is 0. The average molecular weight is 407 g/mol. The molecule has 1 heterocycles. The highest BCUT2D eigenvalue weighted by Gasteiger charge is 2.16. The monoisotopic (exact) mass is 407 g/mol. The predicted octanol–water partition coefficient (Wildman–Crippen LogP) is 3.74. The molecule has 0 atom stereocenters. The van der Waals surface area contributed by atoms with Gasteiger partial charge in [-0.1, -0.05) is 30.3 Å². The van der Waals surface area contributed by atoms with E-state index in [1.807, 2.05) is 17.5 Å². The number of hydrogen-bond donors (Lipinski definition) is 3. The molecule has 0 saturated heterocycles. The fourth-order valence-corrected chi connectivity index (χ4v) is 3.29. The summed E-state index contributed by atoms with van der Waals surface area (Å²) in [7, 11) is 0. The van der Waals surface area contributed by atoms with Gasteiger partial charge in [-0.05, 0) is 52.9 Å². The van der Waals surface area contributed by atoms with E-state index in [9.17, 15) is 19.5 Å². The normalized spacial score (nSPS) is 10.6. The van der Waals surface area contributed by atoms with E-state index >= 15 is 0 Å². The molecule has 4 N–H and O–H groups in total. The number of nitrogens with one attached hydrogen (secondary N) is 1. The van der Waals surface area contributed by atoms with Gasteiger partial charge < -0.3 is 10.8 Å². The molecule has 1 aromatic heterocycles. The van der Waals surface area contributed by atoms with E-state index in [1.54, 1.807) is 53.8 Å². The number of thiophene rings is 1. The molecule has 0 fully saturated rings. The Balaban J connectivity index is 1.71. The molecule has 0 unspecified atom stereocenters. The summed E-state index contributed by atoms with van der Waals surface area (Å²) in [4.78, 5) is 36.0. The molecule has 3 aromatic rings. The van der Waals surface area contributed by atoms with Crippen LogP contribution in [0.4, 0.5) is 10.5 Å². The first-order chi connectivity index (χ1) is 13.9. The minimum absolute atomic E-state index is 0.301. The number of hydrogen-bond acceptors (Lipinski definition) is 4. The molecule has 146 valence electrons. The van der Waals surface area contributed by atoms with Crippen molar-refractivity contribution < 1.29 is 19.5 Å². The fraction of sp³-hybridized carbons (Fsp3) is 0. The molecular weight excluding hydrogens is 390 g/mol. The van der Waals surface area contributed by atoms with Crippen LogP contribution in [0.25, 0.3) is 16.5 Å². The lowest BCUT2D eigenvalue weighted by molar-refractivity contribution is -0.116. The van der Waals surface area contributed by atoms with Crippen LogP contribution in [0.1, 0.15) is 15.9 Å². The van der Waals surface area contributed by atoms with Crippen molar-refractivity contribution >= 4 is 41.0 Å². The number of hydrazine groups is 1. The van der Waals surface area contributed by atoms with Crippen LogP contribution in [-0.4, -0.2) is 23.0 Å². The topological polar surface area (TPSA) is 113 Å². The number of primary amides is 1. The average Bonchev–Trinajstić information content (AvgIpc) is 3.25. The lowest BCUT2D eigenvalue weighted by atomic mass is 10.1. The van der Waals surface area contributed by atoms with Gasteiger partial charge in [-0.2, -0.15) is 5.01 Å². The van der Waals surface area contributed by atoms with Gasteiger partial charge in [0.25, 0.3) is 5.91 Å². The maximum atomic E-state index is 12.2. The minimum atomic E-state index is -1.33. The van der Waals surface area contributed by atoms with Crippen molar-refractivity contribution in [1.29, 1.82) is 0 Å². The number of carbonyl (C=O) groups excluding carboxylic acids is 2. The largest absolute Gasteiger partial charge is 0.463 e. The number of anilines is 1. The van der Waals surface area contributed by atoms with Crippen LogP contribution in [0, 0.1) is 0 Å². The molecule has 3 rings (SSSR count). The molecule has 0 aliphatic rings. The van der Waals surface area contributed by atoms with E-state index in [4.69, 9.17) is 5.73 Å². The van der Waals surface area contributed by atoms with Crippen LogP contribution in [0.3, 0.4) is 0 Å². The zero-order valence-corrected chi connectivity index (χ0v) is 15.9. The zero-order chi connectivity index (χ0) is 20.8. The molecule has 0 bridgehead atoms. The van der Waals surface area contributed by atoms with Crippen LogP contribution < -0.4 is 16.2 Å². The molecular formula is C21H17N3O4S. The number of carboxylic acid groups (broad SMARTS) is 1. The quantitative estimate of drug-likeness (QED) is 0.442. The van der Waals surface area contributed by atoms with Crippen molar-refractivity contribution in [1.82, 2.24) is 5.43 Å². The fourth-order valence-electron chi connectivity index (χ4n) is 2.56. The number of carbonyl (C=O) groups is 3. The second-order valence-electron chi connectivity index (χ2n) is 5.94. The van der Waals surface area contributed by atoms with Crippen LogP contribution in [0.15, 0.2) is 72.1 Å². The zero-order valence-electron chi connectivity index (χ0n) is 15.1. The SMILES string of the molecule is NC(=O)c1cccc(C=CC(=O)NN(C(=O)O)c2ccc(-c3cccs3)cc2)c1. The third-order valence-electron chi connectivity index (χ3n) is 3.94. The highest BCUT2D eigenvalue weighted by atomic mass is 32.1. The number of amides is 3. The van der Waals surface area contributed by atoms with Crippen molar-refractivity contribution in [3.05, 3.63) is 83.2 Å². The Hall–Kier alpha value is -3.91. The first-order valence-electron chi connectivity index (χ1n) is 8.49. The number of nitrogens with zero attached hydrogens (tertiary/aromatic N) is 1. The summed E-state index contributed by atoms with van der Waals surface area (Å²) in [5, 5.41) is 12.1. The van der Waals surface area contributed by atoms with Gasteiger partial charge in [0, 0.05) is 16.5 Å². The Morgan fingerprint density at radius 3 is 2.41 bits per heavy atom. The van der Waals surface area contributed by atoms with Crippen molar-refractivity contribution in [3.63, 3.8) is 0 Å². The molecule has 2 aromatic carbocycles. The van der Waals surface area contributed by atoms with Crippen molar-refractivity contribution in [2.75, 3.05) is 5.01 Å². The molecule has 0 radical (unpaired) electrons. The lowest BCUT2D eigenvalue weighted by Gasteiger charge is -2.19. The van der Waals surface area contributed by atoms with Crippen LogP contribution >= 0.6 is 11.3 Å². The van der Waals surface area contributed by atoms with Crippen molar-refractivity contribution in [2.45, 2.75) is 0 Å². The molecule has 0 saturated carbocycles. The summed E-state index contributed by atoms with van der Waals surface area (Å²) in [5.74, 6) is -1.22. The second-order valence-corrected chi connectivity index (χ2v) is 6.89. The smallest absolute Gasteiger partial charge is 0.431 e. The van der Waals surface area contributed by atoms with Crippen LogP contribution in [0.5, 0.6) is 0 Å². The third-order valence-corrected chi connectivity index (χ3v) is 4.86. The summed E-state index contributed by atoms with van der Waals surface area (Å²) in [6, 6.07) is 17.1. The van der Waals surface area contributed by atoms with Gasteiger partial charge in [0.1, 0.15) is 0 Å². The maximum absolute atomic E-state index is 12.2. The summed E-state index contributed by atoms with van der Waals surface area (Å²) >= 11 is 1.58. The highest BCUT2D eigenvalue weighted by molar-refractivity contribution is 7.13. The van der Waals surface area contributed by atoms with E-state index in [0.29, 0.717) is 16.8 Å². The van der Waals surface area contributed by atoms with Crippen molar-refractivity contribution in [2.24, 2.45) is 5.73 Å². The molecule has 0 spiro atoms. The van der Waals surface area contributed by atoms with Gasteiger partial charge in [0.15, 0.2) is 0 Å². The predicted molar refractivity (Wildman–Crippen MR) is 112 cm³/mol. The van der Waals surface area contributed by atoms with E-state index < -0.39 is 17.9 Å². The van der Waals surface area contributed by atoms with E-state index in [0.717, 1.165) is 15.4 Å². The van der Waals surface area contributed by atoms with E-state index in [-0.39, 0.29) is 0 Å². The van der Waals surface area contributed by atoms with Gasteiger partial charge in [-0.3, -0.25) is 15.0 Å². The van der Waals surface area contributed by atoms with Gasteiger partial charge in [0.05, 0.1) is 5.69 Å². The van der Waals surface area contributed by atoms with Gasteiger partial charge in [0.2, 0.25) is 5.91 Å². The Morgan fingerprint density at radius 2 is 1.79 bits per heavy atom. The minimum Gasteiger partial charge on any atom is -0.463 e. The first-order valence-corrected chi connectivity index (χ1v) is 9.37. The Labute approximate surface area is 170 Å². The Morgan fingerprint density at radius 1 is 1.03 bits per heavy atom. The summed E-state index contributed by atoms with van der Waals surface area (Å²) < 4.78 is 0. The number of rotatable bonds is 5. The third kappa shape index (κ3) is 5.08. The summed E-state index contributed by atoms with van der Waals surface area (Å²) in [6.07, 6.45) is 1.31. The van der Waals surface area contributed by atoms with Gasteiger partial charge in [-0.15, -0.1) is 11.3 Å². The second kappa shape index (κ2) is 8.85. The maximum Gasteiger partial charge on any atom is 0.431 e. The standard InChI is InChI=1S/C21H17N3O4S/c22-20(26)16-4-1-3-14(13-16)6-11-19(25)23-24(21(27)28)17-9-7-15(8-10-17)18-5-2-12-29-18/h1-13H,(H2,22,26)(H,23,25)(H,27,28). The van der Waals surface area contributed by atoms with Gasteiger partial charge in [-0.25, -0.2) is 4.79 Å². The number of nitrogens with two attached hydrogens (primary N) is 1. The Bertz CT molecular complexity index is 1060. The number of benzene rings is 2. The van der Waals surface area contributed by atoms with Crippen LogP contribution in [-0.2, 0) is 4.79 Å². The van der Waals surface area contributed by atoms with Crippen LogP contribution in [0.2, 0.25) is 0 Å². The van der Waals surface area contributed by atoms with E-state index in [1.165, 1.54) is 18.2 Å². The molecule has 8 heteroatoms. The van der Waals surface area contributed by atoms with Gasteiger partial charge >= 0.3 is 6.09 Å². The van der Waals surface area contributed by atoms with E-state index in [2.05, 4.69) is 5.43 Å². The summed E-state index contributed by atoms with van der Waals surface area (Å²) in [5.41, 5.74) is 9.69. The lowest BCUT2D eigenvalue weighted by Crippen LogP contribution is -2.45. The van der Waals surface area contributed by atoms with Crippen molar-refractivity contribution in [3.8, 4) is 10.4 Å². The molecule has 3 amide bonds. The highest BCUT2D eigenvalue weighted by Crippen LogP contribution is 2.26. The Kier molecular flexibility index (Phi) is 6.06. The molecule has 0 aliphatic heterocycles. The molecule has 7 nitrogen and oxygen atoms in total. The molecule has 0 aliphatic carbocycles. The molecule has 29 heavy (non-hydrogen) atoms. The first kappa shape index (κ1) is 19.8.